The van der Waals surface area contributed by atoms with Crippen molar-refractivity contribution in [2.75, 3.05) is 40.3 Å². The van der Waals surface area contributed by atoms with Crippen molar-refractivity contribution in [1.82, 2.24) is 15.1 Å². The van der Waals surface area contributed by atoms with Gasteiger partial charge in [-0.05, 0) is 58.7 Å². The molecule has 2 aliphatic heterocycles. The molecule has 5 heteroatoms. The van der Waals surface area contributed by atoms with Crippen LogP contribution in [0.15, 0.2) is 0 Å². The molecule has 0 aromatic heterocycles. The smallest absolute Gasteiger partial charge is 0.317 e. The molecule has 2 heterocycles. The fourth-order valence-corrected chi connectivity index (χ4v) is 3.14. The molecule has 0 radical (unpaired) electrons. The van der Waals surface area contributed by atoms with E-state index in [0.29, 0.717) is 18.5 Å². The Morgan fingerprint density at radius 1 is 1.40 bits per heavy atom. The average Bonchev–Trinajstić information content (AvgIpc) is 2.97. The zero-order chi connectivity index (χ0) is 14.5. The predicted octanol–water partition coefficient (Wildman–Crippen LogP) is 1.54. The normalized spacial score (nSPS) is 26.4. The molecule has 2 saturated heterocycles. The van der Waals surface area contributed by atoms with Gasteiger partial charge in [0.2, 0.25) is 0 Å². The Kier molecular flexibility index (Phi) is 5.66. The number of carbonyl (C=O) groups is 1. The number of urea groups is 1. The number of nitrogens with one attached hydrogen (secondary N) is 1. The molecule has 0 aromatic carbocycles. The maximum atomic E-state index is 12.2. The quantitative estimate of drug-likeness (QED) is 0.851. The van der Waals surface area contributed by atoms with Gasteiger partial charge >= 0.3 is 6.03 Å². The molecule has 0 spiro atoms. The molecule has 2 rings (SSSR count). The minimum absolute atomic E-state index is 0.0342. The summed E-state index contributed by atoms with van der Waals surface area (Å²) in [6.07, 6.45) is 4.75. The maximum Gasteiger partial charge on any atom is 0.317 e. The highest BCUT2D eigenvalue weighted by atomic mass is 16.5. The van der Waals surface area contributed by atoms with Gasteiger partial charge in [0.15, 0.2) is 0 Å². The molecule has 2 fully saturated rings. The third-order valence-corrected chi connectivity index (χ3v) is 4.88. The van der Waals surface area contributed by atoms with Crippen LogP contribution in [0.5, 0.6) is 0 Å². The van der Waals surface area contributed by atoms with Crippen molar-refractivity contribution in [2.24, 2.45) is 5.92 Å². The molecule has 20 heavy (non-hydrogen) atoms. The highest BCUT2D eigenvalue weighted by Crippen LogP contribution is 2.22. The Morgan fingerprint density at radius 2 is 2.10 bits per heavy atom. The van der Waals surface area contributed by atoms with Gasteiger partial charge in [0.25, 0.3) is 0 Å². The number of piperidine rings is 1. The van der Waals surface area contributed by atoms with Gasteiger partial charge in [-0.2, -0.15) is 0 Å². The fourth-order valence-electron chi connectivity index (χ4n) is 3.14. The number of hydrogen-bond acceptors (Lipinski definition) is 3. The van der Waals surface area contributed by atoms with Crippen LogP contribution in [0.1, 0.15) is 32.6 Å². The third-order valence-electron chi connectivity index (χ3n) is 4.88. The number of rotatable bonds is 4. The van der Waals surface area contributed by atoms with Gasteiger partial charge in [0, 0.05) is 26.2 Å². The van der Waals surface area contributed by atoms with E-state index in [2.05, 4.69) is 24.2 Å². The molecule has 0 aromatic rings. The van der Waals surface area contributed by atoms with E-state index in [1.165, 1.54) is 12.8 Å². The maximum absolute atomic E-state index is 12.2. The van der Waals surface area contributed by atoms with E-state index in [9.17, 15) is 4.79 Å². The lowest BCUT2D eigenvalue weighted by atomic mass is 9.90. The third kappa shape index (κ3) is 4.09. The molecule has 5 nitrogen and oxygen atoms in total. The summed E-state index contributed by atoms with van der Waals surface area (Å²) >= 11 is 0. The van der Waals surface area contributed by atoms with E-state index in [-0.39, 0.29) is 12.1 Å². The van der Waals surface area contributed by atoms with Crippen molar-refractivity contribution >= 4 is 6.03 Å². The van der Waals surface area contributed by atoms with Gasteiger partial charge in [-0.3, -0.25) is 0 Å². The van der Waals surface area contributed by atoms with Crippen LogP contribution in [0.4, 0.5) is 4.79 Å². The summed E-state index contributed by atoms with van der Waals surface area (Å²) < 4.78 is 5.53. The Hall–Kier alpha value is -0.810. The second kappa shape index (κ2) is 7.27. The monoisotopic (exact) mass is 283 g/mol. The number of nitrogens with zero attached hydrogens (tertiary/aromatic N) is 2. The van der Waals surface area contributed by atoms with E-state index < -0.39 is 0 Å². The Morgan fingerprint density at radius 3 is 2.70 bits per heavy atom. The average molecular weight is 283 g/mol. The molecular formula is C15H29N3O2. The van der Waals surface area contributed by atoms with Gasteiger partial charge in [-0.1, -0.05) is 0 Å². The van der Waals surface area contributed by atoms with E-state index in [4.69, 9.17) is 4.74 Å². The Balaban J connectivity index is 1.73. The zero-order valence-electron chi connectivity index (χ0n) is 13.1. The summed E-state index contributed by atoms with van der Waals surface area (Å²) in [5, 5.41) is 3.00. The van der Waals surface area contributed by atoms with Crippen molar-refractivity contribution in [3.63, 3.8) is 0 Å². The van der Waals surface area contributed by atoms with E-state index in [1.54, 1.807) is 0 Å². The van der Waals surface area contributed by atoms with Crippen LogP contribution in [0, 0.1) is 5.92 Å². The summed E-state index contributed by atoms with van der Waals surface area (Å²) in [6, 6.07) is 0.333. The first-order valence-corrected chi connectivity index (χ1v) is 7.88. The first-order valence-electron chi connectivity index (χ1n) is 7.88. The summed E-state index contributed by atoms with van der Waals surface area (Å²) in [7, 11) is 4.08. The minimum atomic E-state index is 0.0342. The summed E-state index contributed by atoms with van der Waals surface area (Å²) in [5.74, 6) is 0.615. The fraction of sp³-hybridized carbons (Fsp3) is 0.933. The molecule has 0 saturated carbocycles. The molecule has 116 valence electrons. The molecule has 0 bridgehead atoms. The van der Waals surface area contributed by atoms with E-state index >= 15 is 0 Å². The molecule has 2 atom stereocenters. The van der Waals surface area contributed by atoms with Crippen molar-refractivity contribution in [2.45, 2.75) is 44.8 Å². The molecular weight excluding hydrogens is 254 g/mol. The van der Waals surface area contributed by atoms with Gasteiger partial charge < -0.3 is 19.9 Å². The Bertz CT molecular complexity index is 310. The van der Waals surface area contributed by atoms with Gasteiger partial charge in [0.05, 0.1) is 6.10 Å². The van der Waals surface area contributed by atoms with Crippen LogP contribution in [0.3, 0.4) is 0 Å². The van der Waals surface area contributed by atoms with E-state index in [0.717, 1.165) is 32.5 Å². The van der Waals surface area contributed by atoms with Crippen LogP contribution in [-0.2, 0) is 4.74 Å². The van der Waals surface area contributed by atoms with E-state index in [1.807, 2.05) is 11.9 Å². The lowest BCUT2D eigenvalue weighted by Gasteiger charge is -2.37. The molecule has 1 N–H and O–H groups in total. The zero-order valence-corrected chi connectivity index (χ0v) is 13.1. The van der Waals surface area contributed by atoms with Crippen molar-refractivity contribution in [3.05, 3.63) is 0 Å². The first kappa shape index (κ1) is 15.6. The summed E-state index contributed by atoms with van der Waals surface area (Å²) in [5.41, 5.74) is 0. The van der Waals surface area contributed by atoms with Crippen LogP contribution >= 0.6 is 0 Å². The van der Waals surface area contributed by atoms with Crippen LogP contribution in [0.25, 0.3) is 0 Å². The van der Waals surface area contributed by atoms with Crippen molar-refractivity contribution < 1.29 is 9.53 Å². The van der Waals surface area contributed by atoms with Gasteiger partial charge in [-0.25, -0.2) is 4.79 Å². The standard InChI is InChI=1S/C15H29N3O2/c1-12(13-6-8-17(2)9-7-13)18(3)15(19)16-11-14-5-4-10-20-14/h12-14H,4-11H2,1-3H3,(H,16,19)/t12-,14+/m0/s1. The van der Waals surface area contributed by atoms with Crippen LogP contribution in [0.2, 0.25) is 0 Å². The number of carbonyl (C=O) groups excluding carboxylic acids is 1. The number of ether oxygens (including phenoxy) is 1. The first-order chi connectivity index (χ1) is 9.58. The number of amides is 2. The molecule has 2 amide bonds. The van der Waals surface area contributed by atoms with Gasteiger partial charge in [-0.15, -0.1) is 0 Å². The number of likely N-dealkylation sites (tertiary alicyclic amines) is 1. The highest BCUT2D eigenvalue weighted by Gasteiger charge is 2.27. The minimum Gasteiger partial charge on any atom is -0.376 e. The second-order valence-corrected chi connectivity index (χ2v) is 6.31. The summed E-state index contributed by atoms with van der Waals surface area (Å²) in [4.78, 5) is 16.4. The largest absolute Gasteiger partial charge is 0.376 e. The van der Waals surface area contributed by atoms with Crippen molar-refractivity contribution in [1.29, 1.82) is 0 Å². The molecule has 2 aliphatic rings. The topological polar surface area (TPSA) is 44.8 Å². The molecule has 0 aliphatic carbocycles. The second-order valence-electron chi connectivity index (χ2n) is 6.31. The Labute approximate surface area is 122 Å². The summed E-state index contributed by atoms with van der Waals surface area (Å²) in [6.45, 7) is 5.92. The number of hydrogen-bond donors (Lipinski definition) is 1. The lowest BCUT2D eigenvalue weighted by molar-refractivity contribution is 0.104. The van der Waals surface area contributed by atoms with Crippen molar-refractivity contribution in [3.8, 4) is 0 Å². The SMILES string of the molecule is C[C@@H](C1CCN(C)CC1)N(C)C(=O)NC[C@H]1CCCO1. The lowest BCUT2D eigenvalue weighted by Crippen LogP contribution is -2.49. The highest BCUT2D eigenvalue weighted by molar-refractivity contribution is 5.74. The van der Waals surface area contributed by atoms with Gasteiger partial charge in [0.1, 0.15) is 0 Å². The van der Waals surface area contributed by atoms with Crippen LogP contribution in [-0.4, -0.2) is 68.3 Å². The predicted molar refractivity (Wildman–Crippen MR) is 79.8 cm³/mol. The molecule has 0 unspecified atom stereocenters. The van der Waals surface area contributed by atoms with Crippen LogP contribution < -0.4 is 5.32 Å².